The lowest BCUT2D eigenvalue weighted by atomic mass is 10.2. The van der Waals surface area contributed by atoms with Gasteiger partial charge in [-0.05, 0) is 25.5 Å². The molecule has 0 radical (unpaired) electrons. The first kappa shape index (κ1) is 10.9. The molecule has 0 spiro atoms. The molecule has 1 aromatic rings. The summed E-state index contributed by atoms with van der Waals surface area (Å²) < 4.78 is 2.32. The predicted octanol–water partition coefficient (Wildman–Crippen LogP) is 2.69. The quantitative estimate of drug-likeness (QED) is 0.854. The summed E-state index contributed by atoms with van der Waals surface area (Å²) in [6.07, 6.45) is 4.60. The highest BCUT2D eigenvalue weighted by molar-refractivity contribution is 7.99. The van der Waals surface area contributed by atoms with E-state index >= 15 is 0 Å². The molecule has 1 aromatic heterocycles. The minimum absolute atomic E-state index is 0.649. The van der Waals surface area contributed by atoms with E-state index in [9.17, 15) is 0 Å². The first-order chi connectivity index (χ1) is 7.31. The van der Waals surface area contributed by atoms with Crippen LogP contribution in [0.4, 0.5) is 5.95 Å². The normalized spacial score (nSPS) is 20.8. The van der Waals surface area contributed by atoms with Gasteiger partial charge in [-0.25, -0.2) is 4.98 Å². The molecular weight excluding hydrogens is 206 g/mol. The van der Waals surface area contributed by atoms with Crippen LogP contribution in [-0.2, 0) is 0 Å². The van der Waals surface area contributed by atoms with Gasteiger partial charge in [0.2, 0.25) is 5.95 Å². The maximum atomic E-state index is 4.54. The number of hydrogen-bond donors (Lipinski definition) is 1. The molecule has 0 saturated carbocycles. The first-order valence-electron chi connectivity index (χ1n) is 5.68. The molecule has 2 heterocycles. The zero-order valence-electron chi connectivity index (χ0n) is 9.49. The molecule has 1 fully saturated rings. The minimum atomic E-state index is 0.649. The van der Waals surface area contributed by atoms with Crippen LogP contribution < -0.4 is 5.32 Å². The van der Waals surface area contributed by atoms with E-state index in [4.69, 9.17) is 0 Å². The molecular formula is C11H19N3S. The third kappa shape index (κ3) is 2.48. The van der Waals surface area contributed by atoms with E-state index in [0.29, 0.717) is 6.04 Å². The molecule has 0 bridgehead atoms. The number of nitrogens with zero attached hydrogens (tertiary/aromatic N) is 2. The van der Waals surface area contributed by atoms with E-state index in [1.165, 1.54) is 17.9 Å². The number of aromatic nitrogens is 2. The van der Waals surface area contributed by atoms with Gasteiger partial charge in [0.1, 0.15) is 0 Å². The van der Waals surface area contributed by atoms with E-state index in [-0.39, 0.29) is 0 Å². The van der Waals surface area contributed by atoms with Crippen molar-refractivity contribution in [3.05, 3.63) is 11.9 Å². The second kappa shape index (κ2) is 4.92. The van der Waals surface area contributed by atoms with Crippen LogP contribution in [0.2, 0.25) is 0 Å². The molecule has 1 unspecified atom stereocenters. The zero-order valence-corrected chi connectivity index (χ0v) is 10.3. The van der Waals surface area contributed by atoms with Crippen molar-refractivity contribution in [3.63, 3.8) is 0 Å². The molecule has 0 amide bonds. The number of rotatable bonds is 4. The number of aryl methyl sites for hydroxylation is 1. The maximum absolute atomic E-state index is 4.54. The van der Waals surface area contributed by atoms with Crippen LogP contribution in [0, 0.1) is 6.92 Å². The Bertz CT molecular complexity index is 316. The van der Waals surface area contributed by atoms with Gasteiger partial charge in [0, 0.05) is 24.5 Å². The highest BCUT2D eigenvalue weighted by Gasteiger charge is 2.20. The topological polar surface area (TPSA) is 29.9 Å². The Morgan fingerprint density at radius 2 is 2.53 bits per heavy atom. The smallest absolute Gasteiger partial charge is 0.203 e. The molecule has 15 heavy (non-hydrogen) atoms. The monoisotopic (exact) mass is 225 g/mol. The average Bonchev–Trinajstić information content (AvgIpc) is 2.83. The van der Waals surface area contributed by atoms with Crippen molar-refractivity contribution in [2.24, 2.45) is 0 Å². The first-order valence-corrected chi connectivity index (χ1v) is 6.84. The van der Waals surface area contributed by atoms with Crippen LogP contribution in [0.3, 0.4) is 0 Å². The van der Waals surface area contributed by atoms with Gasteiger partial charge >= 0.3 is 0 Å². The van der Waals surface area contributed by atoms with E-state index in [2.05, 4.69) is 34.9 Å². The van der Waals surface area contributed by atoms with Gasteiger partial charge in [0.15, 0.2) is 0 Å². The molecule has 2 rings (SSSR count). The van der Waals surface area contributed by atoms with Crippen LogP contribution in [0.15, 0.2) is 6.20 Å². The van der Waals surface area contributed by atoms with Crippen molar-refractivity contribution in [1.29, 1.82) is 0 Å². The SMILES string of the molecule is CCCNc1nc(C)cn1C1CCSC1. The van der Waals surface area contributed by atoms with E-state index in [1.54, 1.807) is 0 Å². The van der Waals surface area contributed by atoms with Crippen molar-refractivity contribution in [2.45, 2.75) is 32.7 Å². The van der Waals surface area contributed by atoms with Gasteiger partial charge < -0.3 is 9.88 Å². The van der Waals surface area contributed by atoms with E-state index < -0.39 is 0 Å². The summed E-state index contributed by atoms with van der Waals surface area (Å²) in [5, 5.41) is 3.40. The van der Waals surface area contributed by atoms with Crippen molar-refractivity contribution < 1.29 is 0 Å². The Morgan fingerprint density at radius 1 is 1.67 bits per heavy atom. The summed E-state index contributed by atoms with van der Waals surface area (Å²) in [5.74, 6) is 3.58. The van der Waals surface area contributed by atoms with Crippen LogP contribution >= 0.6 is 11.8 Å². The van der Waals surface area contributed by atoms with Gasteiger partial charge in [-0.15, -0.1) is 0 Å². The van der Waals surface area contributed by atoms with Crippen molar-refractivity contribution in [1.82, 2.24) is 9.55 Å². The fourth-order valence-corrected chi connectivity index (χ4v) is 3.11. The molecule has 3 nitrogen and oxygen atoms in total. The van der Waals surface area contributed by atoms with Gasteiger partial charge in [0.25, 0.3) is 0 Å². The Labute approximate surface area is 95.7 Å². The molecule has 1 aliphatic heterocycles. The molecule has 4 heteroatoms. The average molecular weight is 225 g/mol. The van der Waals surface area contributed by atoms with Crippen molar-refractivity contribution in [3.8, 4) is 0 Å². The Hall–Kier alpha value is -0.640. The lowest BCUT2D eigenvalue weighted by molar-refractivity contribution is 0.564. The third-order valence-electron chi connectivity index (χ3n) is 2.68. The van der Waals surface area contributed by atoms with Gasteiger partial charge in [-0.2, -0.15) is 11.8 Å². The number of hydrogen-bond acceptors (Lipinski definition) is 3. The summed E-state index contributed by atoms with van der Waals surface area (Å²) in [4.78, 5) is 4.54. The second-order valence-electron chi connectivity index (χ2n) is 4.06. The van der Waals surface area contributed by atoms with Crippen LogP contribution in [0.25, 0.3) is 0 Å². The predicted molar refractivity (Wildman–Crippen MR) is 66.7 cm³/mol. The Balaban J connectivity index is 2.13. The fourth-order valence-electron chi connectivity index (χ4n) is 1.90. The zero-order chi connectivity index (χ0) is 10.7. The van der Waals surface area contributed by atoms with Crippen molar-refractivity contribution in [2.75, 3.05) is 23.4 Å². The van der Waals surface area contributed by atoms with Gasteiger partial charge in [0.05, 0.1) is 5.69 Å². The van der Waals surface area contributed by atoms with Crippen LogP contribution in [-0.4, -0.2) is 27.6 Å². The molecule has 0 aromatic carbocycles. The third-order valence-corrected chi connectivity index (χ3v) is 3.83. The minimum Gasteiger partial charge on any atom is -0.356 e. The standard InChI is InChI=1S/C11H19N3S/c1-3-5-12-11-13-9(2)7-14(11)10-4-6-15-8-10/h7,10H,3-6,8H2,1-2H3,(H,12,13). The lowest BCUT2D eigenvalue weighted by Gasteiger charge is -2.14. The molecule has 0 aliphatic carbocycles. The van der Waals surface area contributed by atoms with Gasteiger partial charge in [-0.1, -0.05) is 6.92 Å². The van der Waals surface area contributed by atoms with E-state index in [0.717, 1.165) is 24.6 Å². The van der Waals surface area contributed by atoms with Gasteiger partial charge in [-0.3, -0.25) is 0 Å². The highest BCUT2D eigenvalue weighted by Crippen LogP contribution is 2.30. The fraction of sp³-hybridized carbons (Fsp3) is 0.727. The highest BCUT2D eigenvalue weighted by atomic mass is 32.2. The summed E-state index contributed by atoms with van der Waals surface area (Å²) in [5.41, 5.74) is 1.12. The van der Waals surface area contributed by atoms with Crippen molar-refractivity contribution >= 4 is 17.7 Å². The molecule has 84 valence electrons. The number of thioether (sulfide) groups is 1. The van der Waals surface area contributed by atoms with Crippen LogP contribution in [0.5, 0.6) is 0 Å². The summed E-state index contributed by atoms with van der Waals surface area (Å²) in [6.45, 7) is 5.25. The summed E-state index contributed by atoms with van der Waals surface area (Å²) in [7, 11) is 0. The Morgan fingerprint density at radius 3 is 3.20 bits per heavy atom. The molecule has 1 aliphatic rings. The summed E-state index contributed by atoms with van der Waals surface area (Å²) in [6, 6.07) is 0.649. The Kier molecular flexibility index (Phi) is 3.57. The number of nitrogens with one attached hydrogen (secondary N) is 1. The van der Waals surface area contributed by atoms with Crippen LogP contribution in [0.1, 0.15) is 31.5 Å². The maximum Gasteiger partial charge on any atom is 0.203 e. The van der Waals surface area contributed by atoms with E-state index in [1.807, 2.05) is 11.8 Å². The molecule has 1 saturated heterocycles. The molecule has 1 atom stereocenters. The largest absolute Gasteiger partial charge is 0.356 e. The second-order valence-corrected chi connectivity index (χ2v) is 5.21. The molecule has 1 N–H and O–H groups in total. The lowest BCUT2D eigenvalue weighted by Crippen LogP contribution is -2.12. The number of anilines is 1. The summed E-state index contributed by atoms with van der Waals surface area (Å²) >= 11 is 2.04. The number of imidazole rings is 1.